The van der Waals surface area contributed by atoms with E-state index in [9.17, 15) is 9.59 Å². The molecule has 1 unspecified atom stereocenters. The number of nitrogens with one attached hydrogen (secondary N) is 1. The molecule has 37 heavy (non-hydrogen) atoms. The number of anilines is 1. The Kier molecular flexibility index (Phi) is 7.77. The van der Waals surface area contributed by atoms with Crippen LogP contribution in [0.5, 0.6) is 0 Å². The molecule has 0 aliphatic rings. The maximum atomic E-state index is 14.0. The first-order valence-corrected chi connectivity index (χ1v) is 12.9. The molecule has 0 saturated heterocycles. The minimum atomic E-state index is -0.462. The topological polar surface area (TPSA) is 67.2 Å². The van der Waals surface area contributed by atoms with Gasteiger partial charge in [0.15, 0.2) is 0 Å². The molecule has 1 atom stereocenters. The molecule has 6 nitrogen and oxygen atoms in total. The third-order valence-corrected chi connectivity index (χ3v) is 6.92. The summed E-state index contributed by atoms with van der Waals surface area (Å²) in [6.45, 7) is 10.8. The van der Waals surface area contributed by atoms with Crippen molar-refractivity contribution in [2.45, 2.75) is 59.0 Å². The highest BCUT2D eigenvalue weighted by Crippen LogP contribution is 2.33. The Balaban J connectivity index is 1.79. The van der Waals surface area contributed by atoms with Crippen LogP contribution in [0.2, 0.25) is 0 Å². The van der Waals surface area contributed by atoms with Gasteiger partial charge in [-0.15, -0.1) is 0 Å². The van der Waals surface area contributed by atoms with Crippen molar-refractivity contribution in [3.05, 3.63) is 106 Å². The van der Waals surface area contributed by atoms with Gasteiger partial charge in [0.25, 0.3) is 5.56 Å². The molecule has 0 fully saturated rings. The number of aromatic nitrogens is 2. The lowest BCUT2D eigenvalue weighted by Gasteiger charge is -2.31. The number of nitrogens with zero attached hydrogens (tertiary/aromatic N) is 3. The van der Waals surface area contributed by atoms with Gasteiger partial charge >= 0.3 is 6.03 Å². The fourth-order valence-electron chi connectivity index (χ4n) is 4.79. The van der Waals surface area contributed by atoms with Gasteiger partial charge in [0, 0.05) is 19.3 Å². The molecule has 1 aromatic heterocycles. The number of amides is 2. The molecule has 0 bridgehead atoms. The van der Waals surface area contributed by atoms with E-state index < -0.39 is 6.04 Å². The SMILES string of the molecule is CC(C)c1cccc(C(C)C)c1NC(=O)N(Cc1ccccc1)C(C)c1nc2ccccc2c(=O)n1C. The molecule has 192 valence electrons. The van der Waals surface area contributed by atoms with Crippen LogP contribution in [0.4, 0.5) is 10.5 Å². The van der Waals surface area contributed by atoms with Crippen molar-refractivity contribution >= 4 is 22.6 Å². The van der Waals surface area contributed by atoms with Crippen LogP contribution in [-0.4, -0.2) is 20.5 Å². The van der Waals surface area contributed by atoms with Crippen molar-refractivity contribution in [1.82, 2.24) is 14.5 Å². The van der Waals surface area contributed by atoms with Crippen LogP contribution in [0.15, 0.2) is 77.6 Å². The number of carbonyl (C=O) groups is 1. The Morgan fingerprint density at radius 1 is 0.865 bits per heavy atom. The Labute approximate surface area is 219 Å². The summed E-state index contributed by atoms with van der Waals surface area (Å²) in [4.78, 5) is 33.8. The fourth-order valence-corrected chi connectivity index (χ4v) is 4.79. The van der Waals surface area contributed by atoms with Gasteiger partial charge < -0.3 is 10.2 Å². The highest BCUT2D eigenvalue weighted by atomic mass is 16.2. The van der Waals surface area contributed by atoms with E-state index in [1.165, 1.54) is 0 Å². The first-order valence-electron chi connectivity index (χ1n) is 12.9. The lowest BCUT2D eigenvalue weighted by Crippen LogP contribution is -2.39. The Bertz CT molecular complexity index is 1430. The van der Waals surface area contributed by atoms with Crippen LogP contribution in [0.1, 0.15) is 75.0 Å². The predicted octanol–water partition coefficient (Wildman–Crippen LogP) is 6.98. The lowest BCUT2D eigenvalue weighted by molar-refractivity contribution is 0.185. The average molecular weight is 497 g/mol. The quantitative estimate of drug-likeness (QED) is 0.300. The van der Waals surface area contributed by atoms with Gasteiger partial charge in [0.05, 0.1) is 16.9 Å². The van der Waals surface area contributed by atoms with Crippen LogP contribution in [0.25, 0.3) is 10.9 Å². The normalized spacial score (nSPS) is 12.2. The second kappa shape index (κ2) is 11.0. The van der Waals surface area contributed by atoms with Crippen molar-refractivity contribution in [3.63, 3.8) is 0 Å². The van der Waals surface area contributed by atoms with Crippen LogP contribution in [0.3, 0.4) is 0 Å². The Hall–Kier alpha value is -3.93. The van der Waals surface area contributed by atoms with E-state index in [4.69, 9.17) is 4.98 Å². The zero-order valence-corrected chi connectivity index (χ0v) is 22.5. The summed E-state index contributed by atoms with van der Waals surface area (Å²) in [5.41, 5.74) is 4.56. The van der Waals surface area contributed by atoms with Gasteiger partial charge in [-0.25, -0.2) is 9.78 Å². The van der Waals surface area contributed by atoms with Crippen LogP contribution < -0.4 is 10.9 Å². The molecular weight excluding hydrogens is 460 g/mol. The number of urea groups is 1. The molecule has 2 amide bonds. The van der Waals surface area contributed by atoms with E-state index in [1.807, 2.05) is 55.5 Å². The molecule has 0 aliphatic heterocycles. The fraction of sp³-hybridized carbons (Fsp3) is 0.323. The minimum Gasteiger partial charge on any atom is -0.310 e. The molecule has 1 N–H and O–H groups in total. The van der Waals surface area contributed by atoms with E-state index in [1.54, 1.807) is 22.6 Å². The zero-order valence-electron chi connectivity index (χ0n) is 22.5. The Morgan fingerprint density at radius 3 is 2.08 bits per heavy atom. The number of benzene rings is 3. The summed E-state index contributed by atoms with van der Waals surface area (Å²) >= 11 is 0. The van der Waals surface area contributed by atoms with E-state index in [0.717, 1.165) is 22.4 Å². The molecule has 1 heterocycles. The lowest BCUT2D eigenvalue weighted by atomic mass is 9.92. The molecular formula is C31H36N4O2. The number of fused-ring (bicyclic) bond motifs is 1. The highest BCUT2D eigenvalue weighted by Gasteiger charge is 2.27. The summed E-state index contributed by atoms with van der Waals surface area (Å²) in [7, 11) is 1.72. The molecule has 0 spiro atoms. The van der Waals surface area contributed by atoms with Crippen molar-refractivity contribution in [2.24, 2.45) is 7.05 Å². The van der Waals surface area contributed by atoms with E-state index >= 15 is 0 Å². The maximum absolute atomic E-state index is 14.0. The smallest absolute Gasteiger partial charge is 0.310 e. The first kappa shape index (κ1) is 26.1. The van der Waals surface area contributed by atoms with Gasteiger partial charge in [-0.2, -0.15) is 0 Å². The summed E-state index contributed by atoms with van der Waals surface area (Å²) < 4.78 is 1.56. The second-order valence-electron chi connectivity index (χ2n) is 10.2. The summed E-state index contributed by atoms with van der Waals surface area (Å²) in [6.07, 6.45) is 0. The van der Waals surface area contributed by atoms with Crippen molar-refractivity contribution in [3.8, 4) is 0 Å². The highest BCUT2D eigenvalue weighted by molar-refractivity contribution is 5.91. The molecule has 4 aromatic rings. The van der Waals surface area contributed by atoms with Crippen LogP contribution in [-0.2, 0) is 13.6 Å². The van der Waals surface area contributed by atoms with E-state index in [2.05, 4.69) is 51.2 Å². The summed E-state index contributed by atoms with van der Waals surface area (Å²) in [5.74, 6) is 1.03. The van der Waals surface area contributed by atoms with Crippen molar-refractivity contribution in [2.75, 3.05) is 5.32 Å². The van der Waals surface area contributed by atoms with Gasteiger partial charge in [-0.1, -0.05) is 88.4 Å². The van der Waals surface area contributed by atoms with Gasteiger partial charge in [0.2, 0.25) is 0 Å². The number of hydrogen-bond donors (Lipinski definition) is 1. The molecule has 0 aliphatic carbocycles. The third-order valence-electron chi connectivity index (χ3n) is 6.92. The number of hydrogen-bond acceptors (Lipinski definition) is 3. The van der Waals surface area contributed by atoms with Crippen LogP contribution in [0, 0.1) is 0 Å². The van der Waals surface area contributed by atoms with Crippen molar-refractivity contribution in [1.29, 1.82) is 0 Å². The van der Waals surface area contributed by atoms with Gasteiger partial charge in [0.1, 0.15) is 5.82 Å². The number of rotatable bonds is 7. The Morgan fingerprint density at radius 2 is 1.46 bits per heavy atom. The van der Waals surface area contributed by atoms with E-state index in [-0.39, 0.29) is 23.4 Å². The average Bonchev–Trinajstić information content (AvgIpc) is 2.89. The molecule has 4 rings (SSSR count). The van der Waals surface area contributed by atoms with Gasteiger partial charge in [-0.05, 0) is 47.6 Å². The van der Waals surface area contributed by atoms with Gasteiger partial charge in [-0.3, -0.25) is 9.36 Å². The van der Waals surface area contributed by atoms with Crippen molar-refractivity contribution < 1.29 is 4.79 Å². The summed E-state index contributed by atoms with van der Waals surface area (Å²) in [5, 5.41) is 3.82. The monoisotopic (exact) mass is 496 g/mol. The molecule has 3 aromatic carbocycles. The number of carbonyl (C=O) groups excluding carboxylic acids is 1. The molecule has 0 radical (unpaired) electrons. The molecule has 6 heteroatoms. The maximum Gasteiger partial charge on any atom is 0.322 e. The minimum absolute atomic E-state index is 0.125. The van der Waals surface area contributed by atoms with E-state index in [0.29, 0.717) is 23.3 Å². The standard InChI is InChI=1S/C31H36N4O2/c1-20(2)24-16-12-17-25(21(3)4)28(24)33-31(37)35(19-23-13-8-7-9-14-23)22(5)29-32-27-18-11-10-15-26(27)30(36)34(29)6/h7-18,20-22H,19H2,1-6H3,(H,33,37). The second-order valence-corrected chi connectivity index (χ2v) is 10.2. The third kappa shape index (κ3) is 5.43. The molecule has 0 saturated carbocycles. The largest absolute Gasteiger partial charge is 0.322 e. The zero-order chi connectivity index (χ0) is 26.7. The number of para-hydroxylation sites is 2. The predicted molar refractivity (Wildman–Crippen MR) is 151 cm³/mol. The van der Waals surface area contributed by atoms with Crippen LogP contribution >= 0.6 is 0 Å². The summed E-state index contributed by atoms with van der Waals surface area (Å²) in [6, 6.07) is 22.7. The first-order chi connectivity index (χ1) is 17.7.